The minimum atomic E-state index is 0.559. The van der Waals surface area contributed by atoms with Gasteiger partial charge in [-0.3, -0.25) is 0 Å². The SMILES string of the molecule is CCNCc1c(N2CCCC(C)C2C)nc2ccccn12. The minimum absolute atomic E-state index is 0.559. The Morgan fingerprint density at radius 3 is 3.00 bits per heavy atom. The molecular weight excluding hydrogens is 260 g/mol. The summed E-state index contributed by atoms with van der Waals surface area (Å²) in [4.78, 5) is 7.43. The predicted octanol–water partition coefficient (Wildman–Crippen LogP) is 3.07. The molecule has 3 rings (SSSR count). The van der Waals surface area contributed by atoms with Crippen LogP contribution in [0.3, 0.4) is 0 Å². The summed E-state index contributed by atoms with van der Waals surface area (Å²) < 4.78 is 2.23. The highest BCUT2D eigenvalue weighted by molar-refractivity contribution is 5.56. The van der Waals surface area contributed by atoms with E-state index in [1.807, 2.05) is 0 Å². The van der Waals surface area contributed by atoms with Crippen LogP contribution in [-0.2, 0) is 6.54 Å². The van der Waals surface area contributed by atoms with Crippen LogP contribution < -0.4 is 10.2 Å². The Bertz CT molecular complexity index is 604. The summed E-state index contributed by atoms with van der Waals surface area (Å²) in [7, 11) is 0. The predicted molar refractivity (Wildman–Crippen MR) is 87.8 cm³/mol. The van der Waals surface area contributed by atoms with E-state index in [0.29, 0.717) is 6.04 Å². The molecule has 4 heteroatoms. The van der Waals surface area contributed by atoms with E-state index in [-0.39, 0.29) is 0 Å². The average molecular weight is 286 g/mol. The zero-order valence-corrected chi connectivity index (χ0v) is 13.3. The third-order valence-electron chi connectivity index (χ3n) is 4.80. The van der Waals surface area contributed by atoms with Crippen LogP contribution in [0.1, 0.15) is 39.3 Å². The third kappa shape index (κ3) is 2.64. The monoisotopic (exact) mass is 286 g/mol. The summed E-state index contributed by atoms with van der Waals surface area (Å²) in [5.74, 6) is 1.90. The molecule has 1 saturated heterocycles. The molecule has 0 aromatic carbocycles. The van der Waals surface area contributed by atoms with Gasteiger partial charge in [0.25, 0.3) is 0 Å². The van der Waals surface area contributed by atoms with Crippen molar-refractivity contribution >= 4 is 11.5 Å². The van der Waals surface area contributed by atoms with Crippen LogP contribution in [0.25, 0.3) is 5.65 Å². The summed E-state index contributed by atoms with van der Waals surface area (Å²) in [5, 5.41) is 3.46. The van der Waals surface area contributed by atoms with Gasteiger partial charge in [0.2, 0.25) is 0 Å². The second-order valence-electron chi connectivity index (χ2n) is 6.14. The van der Waals surface area contributed by atoms with Gasteiger partial charge in [0.05, 0.1) is 5.69 Å². The van der Waals surface area contributed by atoms with Crippen LogP contribution >= 0.6 is 0 Å². The van der Waals surface area contributed by atoms with E-state index in [2.05, 4.69) is 59.8 Å². The number of hydrogen-bond acceptors (Lipinski definition) is 3. The standard InChI is InChI=1S/C17H26N4/c1-4-18-12-15-17(19-16-9-5-6-10-21(15)16)20-11-7-8-13(2)14(20)3/h5-6,9-10,13-14,18H,4,7-8,11-12H2,1-3H3. The molecule has 0 amide bonds. The highest BCUT2D eigenvalue weighted by Gasteiger charge is 2.28. The van der Waals surface area contributed by atoms with Gasteiger partial charge >= 0.3 is 0 Å². The Morgan fingerprint density at radius 1 is 1.33 bits per heavy atom. The largest absolute Gasteiger partial charge is 0.352 e. The maximum Gasteiger partial charge on any atom is 0.152 e. The van der Waals surface area contributed by atoms with Crippen molar-refractivity contribution in [3.63, 3.8) is 0 Å². The molecule has 1 fully saturated rings. The van der Waals surface area contributed by atoms with Gasteiger partial charge < -0.3 is 14.6 Å². The van der Waals surface area contributed by atoms with Crippen molar-refractivity contribution in [1.29, 1.82) is 0 Å². The van der Waals surface area contributed by atoms with Crippen molar-refractivity contribution in [2.75, 3.05) is 18.0 Å². The fourth-order valence-corrected chi connectivity index (χ4v) is 3.31. The van der Waals surface area contributed by atoms with Gasteiger partial charge in [0, 0.05) is 25.3 Å². The first kappa shape index (κ1) is 14.4. The van der Waals surface area contributed by atoms with Crippen molar-refractivity contribution < 1.29 is 0 Å². The molecule has 1 N–H and O–H groups in total. The van der Waals surface area contributed by atoms with Crippen molar-refractivity contribution in [1.82, 2.24) is 14.7 Å². The Morgan fingerprint density at radius 2 is 2.19 bits per heavy atom. The maximum atomic E-state index is 4.92. The quantitative estimate of drug-likeness (QED) is 0.937. The number of aromatic nitrogens is 2. The van der Waals surface area contributed by atoms with Gasteiger partial charge in [-0.25, -0.2) is 4.98 Å². The van der Waals surface area contributed by atoms with Gasteiger partial charge in [-0.1, -0.05) is 19.9 Å². The van der Waals surface area contributed by atoms with Crippen LogP contribution in [0.2, 0.25) is 0 Å². The Kier molecular flexibility index (Phi) is 4.15. The number of hydrogen-bond donors (Lipinski definition) is 1. The molecular formula is C17H26N4. The Balaban J connectivity index is 2.03. The molecule has 2 atom stereocenters. The molecule has 2 aromatic heterocycles. The highest BCUT2D eigenvalue weighted by atomic mass is 15.3. The van der Waals surface area contributed by atoms with Gasteiger partial charge in [-0.05, 0) is 44.4 Å². The molecule has 3 heterocycles. The minimum Gasteiger partial charge on any atom is -0.352 e. The Hall–Kier alpha value is -1.55. The fraction of sp³-hybridized carbons (Fsp3) is 0.588. The summed E-state index contributed by atoms with van der Waals surface area (Å²) >= 11 is 0. The summed E-state index contributed by atoms with van der Waals surface area (Å²) in [6, 6.07) is 6.79. The molecule has 2 aromatic rings. The van der Waals surface area contributed by atoms with Gasteiger partial charge in [0.1, 0.15) is 5.65 Å². The molecule has 0 spiro atoms. The smallest absolute Gasteiger partial charge is 0.152 e. The molecule has 114 valence electrons. The van der Waals surface area contributed by atoms with E-state index >= 15 is 0 Å². The van der Waals surface area contributed by atoms with Crippen LogP contribution in [-0.4, -0.2) is 28.5 Å². The van der Waals surface area contributed by atoms with Crippen molar-refractivity contribution in [3.8, 4) is 0 Å². The van der Waals surface area contributed by atoms with Gasteiger partial charge in [-0.2, -0.15) is 0 Å². The molecule has 1 aliphatic heterocycles. The van der Waals surface area contributed by atoms with E-state index in [1.54, 1.807) is 0 Å². The topological polar surface area (TPSA) is 32.6 Å². The van der Waals surface area contributed by atoms with Gasteiger partial charge in [-0.15, -0.1) is 0 Å². The third-order valence-corrected chi connectivity index (χ3v) is 4.80. The van der Waals surface area contributed by atoms with E-state index < -0.39 is 0 Å². The zero-order chi connectivity index (χ0) is 14.8. The van der Waals surface area contributed by atoms with E-state index in [0.717, 1.165) is 31.2 Å². The summed E-state index contributed by atoms with van der Waals surface area (Å²) in [6.45, 7) is 9.81. The van der Waals surface area contributed by atoms with E-state index in [9.17, 15) is 0 Å². The van der Waals surface area contributed by atoms with E-state index in [4.69, 9.17) is 4.98 Å². The average Bonchev–Trinajstić information content (AvgIpc) is 2.86. The molecule has 0 saturated carbocycles. The first-order valence-electron chi connectivity index (χ1n) is 8.15. The lowest BCUT2D eigenvalue weighted by Gasteiger charge is -2.38. The number of nitrogens with one attached hydrogen (secondary N) is 1. The van der Waals surface area contributed by atoms with Gasteiger partial charge in [0.15, 0.2) is 5.82 Å². The van der Waals surface area contributed by atoms with Crippen molar-refractivity contribution in [3.05, 3.63) is 30.1 Å². The molecule has 1 aliphatic rings. The first-order chi connectivity index (χ1) is 10.2. The second-order valence-corrected chi connectivity index (χ2v) is 6.14. The molecule has 0 bridgehead atoms. The lowest BCUT2D eigenvalue weighted by Crippen LogP contribution is -2.43. The zero-order valence-electron chi connectivity index (χ0n) is 13.3. The maximum absolute atomic E-state index is 4.92. The number of imidazole rings is 1. The molecule has 4 nitrogen and oxygen atoms in total. The van der Waals surface area contributed by atoms with E-state index in [1.165, 1.54) is 24.4 Å². The number of nitrogens with zero attached hydrogens (tertiary/aromatic N) is 3. The highest BCUT2D eigenvalue weighted by Crippen LogP contribution is 2.30. The fourth-order valence-electron chi connectivity index (χ4n) is 3.31. The molecule has 2 unspecified atom stereocenters. The van der Waals surface area contributed by atoms with Crippen LogP contribution in [0.15, 0.2) is 24.4 Å². The number of anilines is 1. The summed E-state index contributed by atoms with van der Waals surface area (Å²) in [6.07, 6.45) is 4.71. The van der Waals surface area contributed by atoms with Crippen LogP contribution in [0, 0.1) is 5.92 Å². The lowest BCUT2D eigenvalue weighted by molar-refractivity contribution is 0.361. The van der Waals surface area contributed by atoms with Crippen LogP contribution in [0.4, 0.5) is 5.82 Å². The number of rotatable bonds is 4. The van der Waals surface area contributed by atoms with Crippen LogP contribution in [0.5, 0.6) is 0 Å². The number of pyridine rings is 1. The number of piperidine rings is 1. The molecule has 0 radical (unpaired) electrons. The Labute approximate surface area is 127 Å². The second kappa shape index (κ2) is 6.06. The first-order valence-corrected chi connectivity index (χ1v) is 8.15. The van der Waals surface area contributed by atoms with Crippen molar-refractivity contribution in [2.24, 2.45) is 5.92 Å². The molecule has 0 aliphatic carbocycles. The van der Waals surface area contributed by atoms with Crippen molar-refractivity contribution in [2.45, 2.75) is 46.2 Å². The normalized spacial score (nSPS) is 22.9. The number of fused-ring (bicyclic) bond motifs is 1. The lowest BCUT2D eigenvalue weighted by atomic mass is 9.92. The molecule has 21 heavy (non-hydrogen) atoms. The summed E-state index contributed by atoms with van der Waals surface area (Å²) in [5.41, 5.74) is 2.33.